The molecule has 0 bridgehead atoms. The molecule has 0 spiro atoms. The minimum atomic E-state index is -3.76. The van der Waals surface area contributed by atoms with Crippen molar-refractivity contribution in [3.05, 3.63) is 124 Å². The molecule has 0 aliphatic heterocycles. The van der Waals surface area contributed by atoms with E-state index in [4.69, 9.17) is 4.42 Å². The van der Waals surface area contributed by atoms with Crippen LogP contribution in [-0.2, 0) is 21.9 Å². The van der Waals surface area contributed by atoms with Gasteiger partial charge in [0, 0.05) is 23.1 Å². The van der Waals surface area contributed by atoms with Gasteiger partial charge in [-0.25, -0.2) is 13.2 Å². The number of sulfonamides is 1. The number of hydrogen-bond acceptors (Lipinski definition) is 5. The van der Waals surface area contributed by atoms with Gasteiger partial charge in [0.2, 0.25) is 0 Å². The minimum absolute atomic E-state index is 0.0422. The summed E-state index contributed by atoms with van der Waals surface area (Å²) in [6.07, 6.45) is 5.44. The fraction of sp³-hybridized carbons (Fsp3) is 0.281. The number of aromatic hydroxyl groups is 1. The van der Waals surface area contributed by atoms with Crippen molar-refractivity contribution in [2.45, 2.75) is 54.8 Å². The van der Waals surface area contributed by atoms with Crippen LogP contribution < -0.4 is 10.3 Å². The van der Waals surface area contributed by atoms with E-state index in [-0.39, 0.29) is 33.5 Å². The zero-order chi connectivity index (χ0) is 27.0. The van der Waals surface area contributed by atoms with Gasteiger partial charge < -0.3 is 9.52 Å². The molecule has 1 unspecified atom stereocenters. The molecule has 2 saturated carbocycles. The van der Waals surface area contributed by atoms with E-state index in [2.05, 4.69) is 16.9 Å². The topological polar surface area (TPSA) is 96.6 Å². The van der Waals surface area contributed by atoms with Crippen molar-refractivity contribution in [1.29, 1.82) is 0 Å². The first-order valence-corrected chi connectivity index (χ1v) is 14.9. The maximum absolute atomic E-state index is 13.4. The van der Waals surface area contributed by atoms with Crippen molar-refractivity contribution < 1.29 is 17.9 Å². The Hall–Kier alpha value is -3.84. The van der Waals surface area contributed by atoms with E-state index in [9.17, 15) is 18.3 Å². The van der Waals surface area contributed by atoms with Gasteiger partial charge in [0.25, 0.3) is 10.0 Å². The SMILES string of the molecule is O=c1oc(C2(CCc3ccccc3)CC2)cc(O)c1C(c1cccc(NS(=O)(=O)c2ccccc2)c1)C1CC1. The predicted molar refractivity (Wildman–Crippen MR) is 151 cm³/mol. The first kappa shape index (κ1) is 25.4. The molecule has 200 valence electrons. The lowest BCUT2D eigenvalue weighted by Gasteiger charge is -2.20. The second kappa shape index (κ2) is 10.0. The van der Waals surface area contributed by atoms with Gasteiger partial charge in [-0.3, -0.25) is 4.72 Å². The molecule has 1 atom stereocenters. The number of anilines is 1. The van der Waals surface area contributed by atoms with E-state index >= 15 is 0 Å². The lowest BCUT2D eigenvalue weighted by atomic mass is 9.86. The second-order valence-electron chi connectivity index (χ2n) is 10.8. The maximum Gasteiger partial charge on any atom is 0.343 e. The van der Waals surface area contributed by atoms with Crippen LogP contribution in [0.4, 0.5) is 5.69 Å². The fourth-order valence-corrected chi connectivity index (χ4v) is 6.62. The number of nitrogens with one attached hydrogen (secondary N) is 1. The molecule has 4 aromatic rings. The number of rotatable bonds is 10. The summed E-state index contributed by atoms with van der Waals surface area (Å²) in [5.74, 6) is 0.317. The highest BCUT2D eigenvalue weighted by Gasteiger charge is 2.47. The highest BCUT2D eigenvalue weighted by molar-refractivity contribution is 7.92. The fourth-order valence-electron chi connectivity index (χ4n) is 5.55. The molecule has 3 aromatic carbocycles. The largest absolute Gasteiger partial charge is 0.507 e. The molecule has 2 aliphatic carbocycles. The van der Waals surface area contributed by atoms with Crippen molar-refractivity contribution >= 4 is 15.7 Å². The van der Waals surface area contributed by atoms with Gasteiger partial charge in [0.15, 0.2) is 0 Å². The van der Waals surface area contributed by atoms with E-state index < -0.39 is 15.6 Å². The van der Waals surface area contributed by atoms with Gasteiger partial charge >= 0.3 is 5.63 Å². The molecule has 0 amide bonds. The minimum Gasteiger partial charge on any atom is -0.507 e. The molecule has 1 heterocycles. The molecule has 2 fully saturated rings. The first-order valence-electron chi connectivity index (χ1n) is 13.4. The highest BCUT2D eigenvalue weighted by Crippen LogP contribution is 2.53. The Morgan fingerprint density at radius 1 is 0.923 bits per heavy atom. The Morgan fingerprint density at radius 3 is 2.26 bits per heavy atom. The van der Waals surface area contributed by atoms with Crippen LogP contribution in [0.15, 0.2) is 105 Å². The molecule has 6 rings (SSSR count). The summed E-state index contributed by atoms with van der Waals surface area (Å²) in [7, 11) is -3.76. The van der Waals surface area contributed by atoms with Crippen molar-refractivity contribution in [1.82, 2.24) is 0 Å². The Morgan fingerprint density at radius 2 is 1.62 bits per heavy atom. The average Bonchev–Trinajstić information content (AvgIpc) is 3.86. The Labute approximate surface area is 228 Å². The smallest absolute Gasteiger partial charge is 0.343 e. The summed E-state index contributed by atoms with van der Waals surface area (Å²) in [5.41, 5.74) is 1.94. The van der Waals surface area contributed by atoms with Crippen LogP contribution >= 0.6 is 0 Å². The lowest BCUT2D eigenvalue weighted by Crippen LogP contribution is -2.19. The van der Waals surface area contributed by atoms with Crippen LogP contribution in [0.25, 0.3) is 0 Å². The summed E-state index contributed by atoms with van der Waals surface area (Å²) in [4.78, 5) is 13.6. The van der Waals surface area contributed by atoms with Gasteiger partial charge in [-0.05, 0) is 79.8 Å². The molecule has 39 heavy (non-hydrogen) atoms. The van der Waals surface area contributed by atoms with Gasteiger partial charge in [0.05, 0.1) is 10.5 Å². The van der Waals surface area contributed by atoms with E-state index in [0.717, 1.165) is 44.1 Å². The molecule has 0 radical (unpaired) electrons. The summed E-state index contributed by atoms with van der Waals surface area (Å²) < 4.78 is 34.3. The predicted octanol–water partition coefficient (Wildman–Crippen LogP) is 6.35. The standard InChI is InChI=1S/C32H31NO5S/c34-27-21-28(32(18-19-32)17-16-22-8-3-1-4-9-22)38-31(35)30(27)29(23-14-15-23)24-10-7-11-25(20-24)33-39(36,37)26-12-5-2-6-13-26/h1-13,20-21,23,29,33-34H,14-19H2. The monoisotopic (exact) mass is 541 g/mol. The summed E-state index contributed by atoms with van der Waals surface area (Å²) in [6, 6.07) is 27.1. The highest BCUT2D eigenvalue weighted by atomic mass is 32.2. The third-order valence-corrected chi connectivity index (χ3v) is 9.43. The molecule has 0 saturated heterocycles. The van der Waals surface area contributed by atoms with Crippen molar-refractivity contribution in [2.75, 3.05) is 4.72 Å². The molecule has 2 aliphatic rings. The molecule has 6 nitrogen and oxygen atoms in total. The van der Waals surface area contributed by atoms with Crippen LogP contribution in [0.1, 0.15) is 60.5 Å². The zero-order valence-electron chi connectivity index (χ0n) is 21.5. The number of hydrogen-bond donors (Lipinski definition) is 2. The molecule has 2 N–H and O–H groups in total. The van der Waals surface area contributed by atoms with E-state index in [1.54, 1.807) is 42.5 Å². The number of aryl methyl sites for hydroxylation is 1. The van der Waals surface area contributed by atoms with Crippen LogP contribution in [0.5, 0.6) is 5.75 Å². The van der Waals surface area contributed by atoms with Crippen LogP contribution in [-0.4, -0.2) is 13.5 Å². The van der Waals surface area contributed by atoms with Gasteiger partial charge in [-0.15, -0.1) is 0 Å². The summed E-state index contributed by atoms with van der Waals surface area (Å²) in [5, 5.41) is 11.2. The normalized spacial score (nSPS) is 16.9. The van der Waals surface area contributed by atoms with Crippen molar-refractivity contribution in [2.24, 2.45) is 5.92 Å². The molecular formula is C32H31NO5S. The van der Waals surface area contributed by atoms with Crippen LogP contribution in [0, 0.1) is 5.92 Å². The Bertz CT molecular complexity index is 1640. The maximum atomic E-state index is 13.4. The van der Waals surface area contributed by atoms with Crippen molar-refractivity contribution in [3.63, 3.8) is 0 Å². The van der Waals surface area contributed by atoms with Gasteiger partial charge in [0.1, 0.15) is 11.5 Å². The van der Waals surface area contributed by atoms with Gasteiger partial charge in [-0.2, -0.15) is 0 Å². The van der Waals surface area contributed by atoms with E-state index in [1.807, 2.05) is 24.3 Å². The second-order valence-corrected chi connectivity index (χ2v) is 12.5. The number of benzene rings is 3. The van der Waals surface area contributed by atoms with Crippen molar-refractivity contribution in [3.8, 4) is 5.75 Å². The van der Waals surface area contributed by atoms with E-state index in [1.165, 1.54) is 17.7 Å². The van der Waals surface area contributed by atoms with E-state index in [0.29, 0.717) is 11.4 Å². The molecule has 1 aromatic heterocycles. The van der Waals surface area contributed by atoms with Crippen LogP contribution in [0.3, 0.4) is 0 Å². The van der Waals surface area contributed by atoms with Crippen LogP contribution in [0.2, 0.25) is 0 Å². The molecule has 7 heteroatoms. The first-order chi connectivity index (χ1) is 18.8. The summed E-state index contributed by atoms with van der Waals surface area (Å²) in [6.45, 7) is 0. The zero-order valence-corrected chi connectivity index (χ0v) is 22.4. The third-order valence-electron chi connectivity index (χ3n) is 8.03. The molecular weight excluding hydrogens is 510 g/mol. The summed E-state index contributed by atoms with van der Waals surface area (Å²) >= 11 is 0. The lowest BCUT2D eigenvalue weighted by molar-refractivity contribution is 0.369. The van der Waals surface area contributed by atoms with Gasteiger partial charge in [-0.1, -0.05) is 60.7 Å². The average molecular weight is 542 g/mol. The third kappa shape index (κ3) is 5.36. The quantitative estimate of drug-likeness (QED) is 0.244. The Balaban J connectivity index is 1.28. The Kier molecular flexibility index (Phi) is 6.55.